The highest BCUT2D eigenvalue weighted by atomic mass is 32.2. The molecule has 1 fully saturated rings. The smallest absolute Gasteiger partial charge is 0.338 e. The Bertz CT molecular complexity index is 1030. The van der Waals surface area contributed by atoms with E-state index in [1.165, 1.54) is 17.3 Å². The van der Waals surface area contributed by atoms with E-state index < -0.39 is 22.1 Å². The van der Waals surface area contributed by atoms with Gasteiger partial charge in [0.1, 0.15) is 0 Å². The molecule has 0 aliphatic carbocycles. The molecule has 2 aromatic carbocycles. The zero-order valence-corrected chi connectivity index (χ0v) is 17.0. The van der Waals surface area contributed by atoms with Crippen molar-refractivity contribution >= 4 is 27.5 Å². The molecule has 1 heterocycles. The minimum Gasteiger partial charge on any atom is -0.451 e. The van der Waals surface area contributed by atoms with Crippen molar-refractivity contribution < 1.29 is 22.7 Å². The van der Waals surface area contributed by atoms with Gasteiger partial charge in [0.05, 0.1) is 17.0 Å². The molecule has 0 unspecified atom stereocenters. The van der Waals surface area contributed by atoms with E-state index in [1.54, 1.807) is 30.3 Å². The number of hydrogen-bond donors (Lipinski definition) is 0. The summed E-state index contributed by atoms with van der Waals surface area (Å²) in [5.74, 6) is -0.846. The Kier molecular flexibility index (Phi) is 5.56. The van der Waals surface area contributed by atoms with Crippen LogP contribution in [0.1, 0.15) is 45.2 Å². The van der Waals surface area contributed by atoms with E-state index >= 15 is 0 Å². The lowest BCUT2D eigenvalue weighted by Crippen LogP contribution is -2.26. The van der Waals surface area contributed by atoms with E-state index in [1.807, 2.05) is 19.9 Å². The van der Waals surface area contributed by atoms with Gasteiger partial charge in [0.15, 0.2) is 6.10 Å². The van der Waals surface area contributed by atoms with Gasteiger partial charge in [-0.3, -0.25) is 9.10 Å². The summed E-state index contributed by atoms with van der Waals surface area (Å²) in [6.07, 6.45) is -0.396. The van der Waals surface area contributed by atoms with Gasteiger partial charge in [-0.1, -0.05) is 18.2 Å². The maximum Gasteiger partial charge on any atom is 0.338 e. The molecule has 6 nitrogen and oxygen atoms in total. The molecule has 0 aromatic heterocycles. The van der Waals surface area contributed by atoms with Crippen molar-refractivity contribution in [1.29, 1.82) is 0 Å². The number of aryl methyl sites for hydroxylation is 2. The zero-order chi connectivity index (χ0) is 20.5. The third kappa shape index (κ3) is 4.09. The summed E-state index contributed by atoms with van der Waals surface area (Å²) >= 11 is 0. The number of Topliss-reactive ketones (excluding diaryl/α,β-unsaturated/α-hetero) is 1. The summed E-state index contributed by atoms with van der Waals surface area (Å²) in [6, 6.07) is 11.6. The molecule has 0 radical (unpaired) electrons. The number of hydrogen-bond acceptors (Lipinski definition) is 5. The number of anilines is 1. The van der Waals surface area contributed by atoms with Gasteiger partial charge in [-0.25, -0.2) is 13.2 Å². The first-order valence-corrected chi connectivity index (χ1v) is 10.7. The van der Waals surface area contributed by atoms with E-state index in [2.05, 4.69) is 0 Å². The highest BCUT2D eigenvalue weighted by Gasteiger charge is 2.29. The standard InChI is InChI=1S/C21H23NO5S/c1-14-8-9-17(12-15(14)2)20(23)16(3)27-21(24)18-6-4-7-19(13-18)22-10-5-11-28(22,25)26/h4,6-9,12-13,16H,5,10-11H2,1-3H3/t16-/m0/s1. The second-order valence-electron chi connectivity index (χ2n) is 7.00. The molecule has 0 amide bonds. The number of esters is 1. The van der Waals surface area contributed by atoms with Gasteiger partial charge in [-0.15, -0.1) is 0 Å². The van der Waals surface area contributed by atoms with Crippen LogP contribution in [-0.4, -0.2) is 38.6 Å². The Labute approximate surface area is 165 Å². The van der Waals surface area contributed by atoms with Gasteiger partial charge in [-0.2, -0.15) is 0 Å². The molecule has 148 valence electrons. The van der Waals surface area contributed by atoms with Gasteiger partial charge >= 0.3 is 5.97 Å². The Morgan fingerprint density at radius 3 is 2.43 bits per heavy atom. The summed E-state index contributed by atoms with van der Waals surface area (Å²) in [5, 5.41) is 0. The van der Waals surface area contributed by atoms with Crippen LogP contribution in [0.15, 0.2) is 42.5 Å². The van der Waals surface area contributed by atoms with Crippen molar-refractivity contribution in [2.45, 2.75) is 33.3 Å². The third-order valence-electron chi connectivity index (χ3n) is 4.91. The number of benzene rings is 2. The summed E-state index contributed by atoms with van der Waals surface area (Å²) in [5.41, 5.74) is 3.19. The monoisotopic (exact) mass is 401 g/mol. The molecule has 0 spiro atoms. The number of carbonyl (C=O) groups is 2. The first-order valence-electron chi connectivity index (χ1n) is 9.12. The molecule has 28 heavy (non-hydrogen) atoms. The Balaban J connectivity index is 1.74. The fourth-order valence-electron chi connectivity index (χ4n) is 3.13. The van der Waals surface area contributed by atoms with Crippen molar-refractivity contribution in [2.75, 3.05) is 16.6 Å². The average molecular weight is 401 g/mol. The third-order valence-corrected chi connectivity index (χ3v) is 6.78. The van der Waals surface area contributed by atoms with Crippen LogP contribution in [0.25, 0.3) is 0 Å². The summed E-state index contributed by atoms with van der Waals surface area (Å²) in [6.45, 7) is 5.80. The second kappa shape index (κ2) is 7.75. The van der Waals surface area contributed by atoms with E-state index in [0.717, 1.165) is 11.1 Å². The molecular weight excluding hydrogens is 378 g/mol. The fraction of sp³-hybridized carbons (Fsp3) is 0.333. The normalized spacial score (nSPS) is 16.6. The van der Waals surface area contributed by atoms with Crippen LogP contribution in [0.4, 0.5) is 5.69 Å². The van der Waals surface area contributed by atoms with Gasteiger partial charge in [-0.05, 0) is 62.6 Å². The Morgan fingerprint density at radius 1 is 1.04 bits per heavy atom. The number of ether oxygens (including phenoxy) is 1. The molecule has 7 heteroatoms. The lowest BCUT2D eigenvalue weighted by Gasteiger charge is -2.18. The predicted octanol–water partition coefficient (Wildman–Crippen LogP) is 3.27. The molecule has 1 aliphatic rings. The van der Waals surface area contributed by atoms with Gasteiger partial charge in [0.2, 0.25) is 15.8 Å². The van der Waals surface area contributed by atoms with Gasteiger partial charge in [0.25, 0.3) is 0 Å². The predicted molar refractivity (Wildman–Crippen MR) is 107 cm³/mol. The van der Waals surface area contributed by atoms with Crippen LogP contribution < -0.4 is 4.31 Å². The van der Waals surface area contributed by atoms with Crippen molar-refractivity contribution in [3.8, 4) is 0 Å². The van der Waals surface area contributed by atoms with E-state index in [4.69, 9.17) is 4.74 Å². The largest absolute Gasteiger partial charge is 0.451 e. The van der Waals surface area contributed by atoms with Crippen molar-refractivity contribution in [3.63, 3.8) is 0 Å². The minimum atomic E-state index is -3.34. The molecule has 0 saturated carbocycles. The number of sulfonamides is 1. The SMILES string of the molecule is Cc1ccc(C(=O)[C@H](C)OC(=O)c2cccc(N3CCCS3(=O)=O)c2)cc1C. The number of carbonyl (C=O) groups excluding carboxylic acids is 2. The van der Waals surface area contributed by atoms with Crippen LogP contribution in [0.2, 0.25) is 0 Å². The molecule has 1 atom stereocenters. The molecule has 3 rings (SSSR count). The molecule has 1 aliphatic heterocycles. The molecule has 2 aromatic rings. The molecule has 0 bridgehead atoms. The molecule has 1 saturated heterocycles. The fourth-order valence-corrected chi connectivity index (χ4v) is 4.69. The summed E-state index contributed by atoms with van der Waals surface area (Å²) in [4.78, 5) is 25.1. The van der Waals surface area contributed by atoms with Gasteiger partial charge in [0, 0.05) is 12.1 Å². The zero-order valence-electron chi connectivity index (χ0n) is 16.1. The van der Waals surface area contributed by atoms with Crippen molar-refractivity contribution in [1.82, 2.24) is 0 Å². The Hall–Kier alpha value is -2.67. The van der Waals surface area contributed by atoms with Crippen LogP contribution in [0, 0.1) is 13.8 Å². The van der Waals surface area contributed by atoms with Crippen molar-refractivity contribution in [3.05, 3.63) is 64.7 Å². The first kappa shape index (κ1) is 20.1. The minimum absolute atomic E-state index is 0.100. The van der Waals surface area contributed by atoms with E-state index in [-0.39, 0.29) is 17.1 Å². The Morgan fingerprint density at radius 2 is 1.79 bits per heavy atom. The van der Waals surface area contributed by atoms with Gasteiger partial charge < -0.3 is 4.74 Å². The quantitative estimate of drug-likeness (QED) is 0.567. The van der Waals surface area contributed by atoms with E-state index in [9.17, 15) is 18.0 Å². The van der Waals surface area contributed by atoms with Crippen LogP contribution in [0.5, 0.6) is 0 Å². The topological polar surface area (TPSA) is 80.8 Å². The molecular formula is C21H23NO5S. The van der Waals surface area contributed by atoms with Crippen LogP contribution in [-0.2, 0) is 14.8 Å². The van der Waals surface area contributed by atoms with Crippen molar-refractivity contribution in [2.24, 2.45) is 0 Å². The average Bonchev–Trinajstić information content (AvgIpc) is 3.02. The molecule has 0 N–H and O–H groups in total. The highest BCUT2D eigenvalue weighted by molar-refractivity contribution is 7.93. The highest BCUT2D eigenvalue weighted by Crippen LogP contribution is 2.25. The lowest BCUT2D eigenvalue weighted by molar-refractivity contribution is 0.0319. The summed E-state index contributed by atoms with van der Waals surface area (Å²) < 4.78 is 30.8. The number of nitrogens with zero attached hydrogens (tertiary/aromatic N) is 1. The second-order valence-corrected chi connectivity index (χ2v) is 9.02. The van der Waals surface area contributed by atoms with E-state index in [0.29, 0.717) is 24.2 Å². The summed E-state index contributed by atoms with van der Waals surface area (Å²) in [7, 11) is -3.34. The maximum atomic E-state index is 12.6. The van der Waals surface area contributed by atoms with Crippen LogP contribution in [0.3, 0.4) is 0 Å². The lowest BCUT2D eigenvalue weighted by atomic mass is 10.0. The first-order chi connectivity index (χ1) is 13.2. The number of ketones is 1. The maximum absolute atomic E-state index is 12.6. The van der Waals surface area contributed by atoms with Crippen LogP contribution >= 0.6 is 0 Å². The number of rotatable bonds is 5.